The summed E-state index contributed by atoms with van der Waals surface area (Å²) < 4.78 is 33.4. The summed E-state index contributed by atoms with van der Waals surface area (Å²) in [4.78, 5) is 24.3. The van der Waals surface area contributed by atoms with Crippen molar-refractivity contribution in [1.82, 2.24) is 8.87 Å². The van der Waals surface area contributed by atoms with E-state index in [-0.39, 0.29) is 10.6 Å². The molecule has 0 saturated carbocycles. The van der Waals surface area contributed by atoms with Crippen molar-refractivity contribution in [3.05, 3.63) is 53.9 Å². The number of hydrogen-bond donors (Lipinski definition) is 1. The average Bonchev–Trinajstić information content (AvgIpc) is 3.30. The van der Waals surface area contributed by atoms with E-state index in [1.54, 1.807) is 37.4 Å². The highest BCUT2D eigenvalue weighted by Gasteiger charge is 2.31. The Morgan fingerprint density at radius 1 is 1.15 bits per heavy atom. The third kappa shape index (κ3) is 3.88. The number of ether oxygens (including phenoxy) is 1. The van der Waals surface area contributed by atoms with Crippen molar-refractivity contribution in [3.8, 4) is 0 Å². The molecule has 1 amide bonds. The Kier molecular flexibility index (Phi) is 5.33. The molecule has 0 bridgehead atoms. The van der Waals surface area contributed by atoms with Crippen molar-refractivity contribution in [3.63, 3.8) is 0 Å². The Labute approximate surface area is 157 Å². The molecule has 1 saturated heterocycles. The molecular formula is C18H21N3O5S. The van der Waals surface area contributed by atoms with Crippen LogP contribution in [0.3, 0.4) is 0 Å². The third-order valence-electron chi connectivity index (χ3n) is 4.48. The number of primary amides is 1. The van der Waals surface area contributed by atoms with E-state index in [0.29, 0.717) is 18.7 Å². The van der Waals surface area contributed by atoms with E-state index in [9.17, 15) is 18.0 Å². The van der Waals surface area contributed by atoms with E-state index in [1.807, 2.05) is 0 Å². The van der Waals surface area contributed by atoms with Crippen LogP contribution in [0.25, 0.3) is 0 Å². The molecule has 1 aromatic carbocycles. The molecule has 1 atom stereocenters. The van der Waals surface area contributed by atoms with Gasteiger partial charge in [0.15, 0.2) is 0 Å². The fraction of sp³-hybridized carbons (Fsp3) is 0.333. The van der Waals surface area contributed by atoms with Crippen LogP contribution in [-0.2, 0) is 26.6 Å². The molecule has 0 radical (unpaired) electrons. The number of hydrogen-bond acceptors (Lipinski definition) is 5. The molecule has 0 aliphatic carbocycles. The standard InChI is InChI=1S/C18H21N3O5S/c1-20-12-14(27(24,25)21-9-5-6-10-21)11-15(20)18(23)26-16(17(19)22)13-7-3-2-4-8-13/h2-4,7-8,11-12,16H,5-6,9-10H2,1H3,(H2,19,22). The molecule has 1 aliphatic rings. The van der Waals surface area contributed by atoms with Gasteiger partial charge >= 0.3 is 5.97 Å². The fourth-order valence-electron chi connectivity index (χ4n) is 3.04. The zero-order valence-electron chi connectivity index (χ0n) is 14.9. The highest BCUT2D eigenvalue weighted by atomic mass is 32.2. The number of esters is 1. The molecule has 0 spiro atoms. The Morgan fingerprint density at radius 3 is 2.37 bits per heavy atom. The van der Waals surface area contributed by atoms with Gasteiger partial charge in [-0.05, 0) is 18.9 Å². The lowest BCUT2D eigenvalue weighted by atomic mass is 10.1. The summed E-state index contributed by atoms with van der Waals surface area (Å²) in [6.07, 6.45) is 1.75. The number of aromatic nitrogens is 1. The summed E-state index contributed by atoms with van der Waals surface area (Å²) in [5.74, 6) is -1.64. The molecule has 1 unspecified atom stereocenters. The van der Waals surface area contributed by atoms with Crippen LogP contribution in [0.5, 0.6) is 0 Å². The summed E-state index contributed by atoms with van der Waals surface area (Å²) >= 11 is 0. The second-order valence-electron chi connectivity index (χ2n) is 6.38. The lowest BCUT2D eigenvalue weighted by molar-refractivity contribution is -0.127. The van der Waals surface area contributed by atoms with Gasteiger partial charge in [-0.3, -0.25) is 4.79 Å². The molecule has 1 aliphatic heterocycles. The largest absolute Gasteiger partial charge is 0.443 e. The van der Waals surface area contributed by atoms with Gasteiger partial charge in [-0.2, -0.15) is 4.31 Å². The van der Waals surface area contributed by atoms with Gasteiger partial charge in [-0.1, -0.05) is 30.3 Å². The fourth-order valence-corrected chi connectivity index (χ4v) is 4.63. The first kappa shape index (κ1) is 19.1. The average molecular weight is 391 g/mol. The van der Waals surface area contributed by atoms with Crippen LogP contribution in [0.2, 0.25) is 0 Å². The summed E-state index contributed by atoms with van der Waals surface area (Å²) in [5, 5.41) is 0. The van der Waals surface area contributed by atoms with Crippen LogP contribution >= 0.6 is 0 Å². The minimum Gasteiger partial charge on any atom is -0.443 e. The zero-order valence-corrected chi connectivity index (χ0v) is 15.7. The molecule has 2 aromatic rings. The second kappa shape index (κ2) is 7.53. The molecule has 1 aromatic heterocycles. The molecule has 144 valence electrons. The van der Waals surface area contributed by atoms with E-state index in [1.165, 1.54) is 21.1 Å². The smallest absolute Gasteiger partial charge is 0.356 e. The monoisotopic (exact) mass is 391 g/mol. The van der Waals surface area contributed by atoms with Crippen molar-refractivity contribution < 1.29 is 22.7 Å². The molecule has 8 nitrogen and oxygen atoms in total. The minimum atomic E-state index is -3.66. The van der Waals surface area contributed by atoms with Crippen molar-refractivity contribution in [2.24, 2.45) is 12.8 Å². The Hall–Kier alpha value is -2.65. The molecule has 2 heterocycles. The van der Waals surface area contributed by atoms with Gasteiger partial charge in [0.2, 0.25) is 16.1 Å². The highest BCUT2D eigenvalue weighted by Crippen LogP contribution is 2.24. The lowest BCUT2D eigenvalue weighted by Gasteiger charge is -2.15. The Bertz CT molecular complexity index is 947. The normalized spacial score (nSPS) is 16.2. The van der Waals surface area contributed by atoms with Crippen LogP contribution < -0.4 is 5.73 Å². The number of rotatable bonds is 6. The number of carbonyl (C=O) groups is 2. The molecule has 27 heavy (non-hydrogen) atoms. The van der Waals surface area contributed by atoms with E-state index in [2.05, 4.69) is 0 Å². The van der Waals surface area contributed by atoms with Crippen molar-refractivity contribution in [1.29, 1.82) is 0 Å². The summed E-state index contributed by atoms with van der Waals surface area (Å²) in [6.45, 7) is 0.934. The van der Waals surface area contributed by atoms with Gasteiger partial charge < -0.3 is 15.0 Å². The predicted molar refractivity (Wildman–Crippen MR) is 97.2 cm³/mol. The van der Waals surface area contributed by atoms with Gasteiger partial charge in [-0.15, -0.1) is 0 Å². The van der Waals surface area contributed by atoms with Crippen LogP contribution in [0.15, 0.2) is 47.5 Å². The van der Waals surface area contributed by atoms with Crippen molar-refractivity contribution >= 4 is 21.9 Å². The molecule has 9 heteroatoms. The number of nitrogens with two attached hydrogens (primary N) is 1. The van der Waals surface area contributed by atoms with Gasteiger partial charge in [0, 0.05) is 31.9 Å². The highest BCUT2D eigenvalue weighted by molar-refractivity contribution is 7.89. The third-order valence-corrected chi connectivity index (χ3v) is 6.34. The molecule has 2 N–H and O–H groups in total. The Balaban J connectivity index is 1.85. The Morgan fingerprint density at radius 2 is 1.78 bits per heavy atom. The molecule has 3 rings (SSSR count). The number of carbonyl (C=O) groups excluding carboxylic acids is 2. The summed E-state index contributed by atoms with van der Waals surface area (Å²) in [7, 11) is -2.11. The minimum absolute atomic E-state index is 0.0224. The van der Waals surface area contributed by atoms with E-state index in [4.69, 9.17) is 10.5 Å². The van der Waals surface area contributed by atoms with E-state index in [0.717, 1.165) is 12.8 Å². The van der Waals surface area contributed by atoms with Gasteiger partial charge in [0.25, 0.3) is 5.91 Å². The van der Waals surface area contributed by atoms with Crippen LogP contribution in [0.4, 0.5) is 0 Å². The van der Waals surface area contributed by atoms with Crippen LogP contribution in [0, 0.1) is 0 Å². The summed E-state index contributed by atoms with van der Waals surface area (Å²) in [5.41, 5.74) is 5.83. The summed E-state index contributed by atoms with van der Waals surface area (Å²) in [6, 6.07) is 9.66. The number of sulfonamides is 1. The number of nitrogens with zero attached hydrogens (tertiary/aromatic N) is 2. The maximum absolute atomic E-state index is 12.7. The number of benzene rings is 1. The first-order chi connectivity index (χ1) is 12.8. The van der Waals surface area contributed by atoms with E-state index >= 15 is 0 Å². The first-order valence-electron chi connectivity index (χ1n) is 8.52. The number of aryl methyl sites for hydroxylation is 1. The van der Waals surface area contributed by atoms with E-state index < -0.39 is 28.0 Å². The molecule has 1 fully saturated rings. The predicted octanol–water partition coefficient (Wildman–Crippen LogP) is 1.19. The first-order valence-corrected chi connectivity index (χ1v) is 9.96. The maximum atomic E-state index is 12.7. The second-order valence-corrected chi connectivity index (χ2v) is 8.32. The quantitative estimate of drug-likeness (QED) is 0.744. The van der Waals surface area contributed by atoms with Crippen LogP contribution in [-0.4, -0.2) is 42.3 Å². The van der Waals surface area contributed by atoms with Gasteiger partial charge in [-0.25, -0.2) is 13.2 Å². The van der Waals surface area contributed by atoms with Crippen molar-refractivity contribution in [2.45, 2.75) is 23.8 Å². The topological polar surface area (TPSA) is 112 Å². The number of amides is 1. The van der Waals surface area contributed by atoms with Gasteiger partial charge in [0.1, 0.15) is 10.6 Å². The SMILES string of the molecule is Cn1cc(S(=O)(=O)N2CCCC2)cc1C(=O)OC(C(N)=O)c1ccccc1. The zero-order chi connectivity index (χ0) is 19.6. The van der Waals surface area contributed by atoms with Crippen molar-refractivity contribution in [2.75, 3.05) is 13.1 Å². The maximum Gasteiger partial charge on any atom is 0.356 e. The van der Waals surface area contributed by atoms with Gasteiger partial charge in [0.05, 0.1) is 0 Å². The lowest BCUT2D eigenvalue weighted by Crippen LogP contribution is -2.27. The molecular weight excluding hydrogens is 370 g/mol. The van der Waals surface area contributed by atoms with Crippen LogP contribution in [0.1, 0.15) is 35.0 Å².